The van der Waals surface area contributed by atoms with E-state index in [-0.39, 0.29) is 17.3 Å². The van der Waals surface area contributed by atoms with Gasteiger partial charge in [0.15, 0.2) is 0 Å². The van der Waals surface area contributed by atoms with Crippen molar-refractivity contribution in [3.8, 4) is 11.4 Å². The van der Waals surface area contributed by atoms with E-state index in [1.165, 1.54) is 0 Å². The Morgan fingerprint density at radius 1 is 1.23 bits per heavy atom. The molecular formula is C18H16N2O5S. The fourth-order valence-corrected chi connectivity index (χ4v) is 3.29. The van der Waals surface area contributed by atoms with Crippen LogP contribution in [0.4, 0.5) is 4.79 Å². The lowest BCUT2D eigenvalue weighted by molar-refractivity contribution is -0.145. The Hall–Kier alpha value is -3.00. The number of thioether (sulfide) groups is 1. The molecule has 0 saturated carbocycles. The van der Waals surface area contributed by atoms with Crippen molar-refractivity contribution in [3.63, 3.8) is 0 Å². The number of rotatable bonds is 5. The highest BCUT2D eigenvalue weighted by atomic mass is 32.2. The molecule has 0 bridgehead atoms. The molecule has 3 rings (SSSR count). The van der Waals surface area contributed by atoms with Crippen LogP contribution in [-0.2, 0) is 14.3 Å². The molecule has 1 aromatic heterocycles. The molecule has 0 aliphatic carbocycles. The zero-order valence-corrected chi connectivity index (χ0v) is 14.7. The van der Waals surface area contributed by atoms with Crippen molar-refractivity contribution in [1.29, 1.82) is 0 Å². The molecule has 2 aromatic rings. The van der Waals surface area contributed by atoms with Gasteiger partial charge in [-0.15, -0.1) is 0 Å². The monoisotopic (exact) mass is 372 g/mol. The topological polar surface area (TPSA) is 88.8 Å². The normalized spacial score (nSPS) is 15.7. The first-order valence-electron chi connectivity index (χ1n) is 7.87. The minimum atomic E-state index is -0.622. The first kappa shape index (κ1) is 17.8. The van der Waals surface area contributed by atoms with Crippen LogP contribution in [-0.4, -0.2) is 44.8 Å². The van der Waals surface area contributed by atoms with E-state index in [1.807, 2.05) is 10.6 Å². The van der Waals surface area contributed by atoms with Gasteiger partial charge in [0.2, 0.25) is 0 Å². The van der Waals surface area contributed by atoms with Gasteiger partial charge < -0.3 is 14.4 Å². The van der Waals surface area contributed by atoms with Crippen LogP contribution < -0.4 is 0 Å². The first-order valence-corrected chi connectivity index (χ1v) is 8.69. The number of carbonyl (C=O) groups is 3. The largest absolute Gasteiger partial charge is 0.508 e. The minimum absolute atomic E-state index is 0.155. The van der Waals surface area contributed by atoms with Crippen LogP contribution in [0.3, 0.4) is 0 Å². The highest BCUT2D eigenvalue weighted by Gasteiger charge is 2.36. The maximum atomic E-state index is 12.4. The number of esters is 1. The Kier molecular flexibility index (Phi) is 5.13. The Labute approximate surface area is 153 Å². The number of phenols is 1. The summed E-state index contributed by atoms with van der Waals surface area (Å²) in [6.45, 7) is 1.45. The van der Waals surface area contributed by atoms with Gasteiger partial charge in [-0.3, -0.25) is 19.3 Å². The van der Waals surface area contributed by atoms with E-state index in [0.29, 0.717) is 5.69 Å². The lowest BCUT2D eigenvalue weighted by atomic mass is 10.3. The van der Waals surface area contributed by atoms with E-state index in [9.17, 15) is 19.5 Å². The zero-order valence-electron chi connectivity index (χ0n) is 13.9. The fourth-order valence-electron chi connectivity index (χ4n) is 2.47. The van der Waals surface area contributed by atoms with Crippen molar-refractivity contribution >= 4 is 35.0 Å². The van der Waals surface area contributed by atoms with Crippen molar-refractivity contribution in [3.05, 3.63) is 53.2 Å². The molecule has 1 saturated heterocycles. The first-order chi connectivity index (χ1) is 12.5. The van der Waals surface area contributed by atoms with Crippen LogP contribution in [0.2, 0.25) is 0 Å². The number of benzene rings is 1. The minimum Gasteiger partial charge on any atom is -0.508 e. The molecule has 1 aromatic carbocycles. The fraction of sp³-hybridized carbons (Fsp3) is 0.167. The number of amides is 2. The summed E-state index contributed by atoms with van der Waals surface area (Å²) >= 11 is 0.784. The number of hydrogen-bond acceptors (Lipinski definition) is 6. The number of carbonyl (C=O) groups excluding carboxylic acids is 3. The molecule has 1 aliphatic rings. The number of hydrogen-bond donors (Lipinski definition) is 1. The predicted molar refractivity (Wildman–Crippen MR) is 96.7 cm³/mol. The summed E-state index contributed by atoms with van der Waals surface area (Å²) in [6, 6.07) is 10.2. The number of nitrogens with zero attached hydrogens (tertiary/aromatic N) is 2. The molecular weight excluding hydrogens is 356 g/mol. The van der Waals surface area contributed by atoms with Gasteiger partial charge in [-0.05, 0) is 61.2 Å². The van der Waals surface area contributed by atoms with Gasteiger partial charge in [-0.1, -0.05) is 0 Å². The number of phenolic OH excluding ortho intramolecular Hbond substituents is 1. The average molecular weight is 372 g/mol. The summed E-state index contributed by atoms with van der Waals surface area (Å²) in [5.41, 5.74) is 1.49. The van der Waals surface area contributed by atoms with Crippen molar-refractivity contribution in [2.45, 2.75) is 6.92 Å². The summed E-state index contributed by atoms with van der Waals surface area (Å²) in [4.78, 5) is 37.2. The molecule has 134 valence electrons. The Bertz CT molecular complexity index is 885. The van der Waals surface area contributed by atoms with Crippen LogP contribution in [0, 0.1) is 0 Å². The Morgan fingerprint density at radius 3 is 2.65 bits per heavy atom. The number of ether oxygens (including phenoxy) is 1. The van der Waals surface area contributed by atoms with E-state index in [2.05, 4.69) is 0 Å². The van der Waals surface area contributed by atoms with Crippen LogP contribution in [0.1, 0.15) is 12.6 Å². The summed E-state index contributed by atoms with van der Waals surface area (Å²) in [5.74, 6) is -0.988. The molecule has 7 nitrogen and oxygen atoms in total. The summed E-state index contributed by atoms with van der Waals surface area (Å²) in [5, 5.41) is 8.90. The Morgan fingerprint density at radius 2 is 1.96 bits per heavy atom. The summed E-state index contributed by atoms with van der Waals surface area (Å²) in [6.07, 6.45) is 3.41. The number of aromatic nitrogens is 1. The van der Waals surface area contributed by atoms with Gasteiger partial charge in [0.05, 0.1) is 11.5 Å². The summed E-state index contributed by atoms with van der Waals surface area (Å²) < 4.78 is 6.61. The van der Waals surface area contributed by atoms with Gasteiger partial charge in [0.25, 0.3) is 11.1 Å². The maximum absolute atomic E-state index is 12.4. The number of aromatic hydroxyl groups is 1. The lowest BCUT2D eigenvalue weighted by Gasteiger charge is -2.11. The van der Waals surface area contributed by atoms with Crippen molar-refractivity contribution < 1.29 is 24.2 Å². The molecule has 2 heterocycles. The molecule has 1 N–H and O–H groups in total. The van der Waals surface area contributed by atoms with E-state index in [4.69, 9.17) is 4.74 Å². The molecule has 2 amide bonds. The molecule has 0 radical (unpaired) electrons. The second-order valence-electron chi connectivity index (χ2n) is 5.39. The third kappa shape index (κ3) is 3.65. The van der Waals surface area contributed by atoms with Crippen LogP contribution in [0.15, 0.2) is 47.5 Å². The third-order valence-corrected chi connectivity index (χ3v) is 4.56. The second kappa shape index (κ2) is 7.49. The molecule has 0 spiro atoms. The SMILES string of the molecule is CCOC(=O)CN1C(=O)S/C(=C/c2cccn2-c2ccc(O)cc2)C1=O. The van der Waals surface area contributed by atoms with E-state index >= 15 is 0 Å². The van der Waals surface area contributed by atoms with Gasteiger partial charge in [0, 0.05) is 17.6 Å². The lowest BCUT2D eigenvalue weighted by Crippen LogP contribution is -2.34. The van der Waals surface area contributed by atoms with E-state index in [0.717, 1.165) is 22.3 Å². The molecule has 8 heteroatoms. The van der Waals surface area contributed by atoms with Crippen molar-refractivity contribution in [2.24, 2.45) is 0 Å². The quantitative estimate of drug-likeness (QED) is 0.641. The van der Waals surface area contributed by atoms with Crippen LogP contribution in [0.25, 0.3) is 11.8 Å². The molecule has 0 unspecified atom stereocenters. The molecule has 26 heavy (non-hydrogen) atoms. The zero-order chi connectivity index (χ0) is 18.7. The van der Waals surface area contributed by atoms with Crippen LogP contribution in [0.5, 0.6) is 5.75 Å². The Balaban J connectivity index is 1.84. The van der Waals surface area contributed by atoms with E-state index in [1.54, 1.807) is 49.5 Å². The highest BCUT2D eigenvalue weighted by Crippen LogP contribution is 2.32. The molecule has 0 atom stereocenters. The third-order valence-electron chi connectivity index (χ3n) is 3.65. The van der Waals surface area contributed by atoms with Crippen LogP contribution >= 0.6 is 11.8 Å². The standard InChI is InChI=1S/C18H16N2O5S/c1-2-25-16(22)11-20-17(23)15(26-18(20)24)10-13-4-3-9-19(13)12-5-7-14(21)8-6-12/h3-10,21H,2,11H2,1H3/b15-10+. The van der Waals surface area contributed by atoms with E-state index < -0.39 is 23.7 Å². The summed E-state index contributed by atoms with van der Waals surface area (Å²) in [7, 11) is 0. The molecule has 1 fully saturated rings. The highest BCUT2D eigenvalue weighted by molar-refractivity contribution is 8.18. The average Bonchev–Trinajstić information content (AvgIpc) is 3.16. The molecule has 1 aliphatic heterocycles. The van der Waals surface area contributed by atoms with Gasteiger partial charge in [-0.2, -0.15) is 0 Å². The van der Waals surface area contributed by atoms with Gasteiger partial charge >= 0.3 is 5.97 Å². The second-order valence-corrected chi connectivity index (χ2v) is 6.39. The van der Waals surface area contributed by atoms with Crippen molar-refractivity contribution in [1.82, 2.24) is 9.47 Å². The van der Waals surface area contributed by atoms with Crippen molar-refractivity contribution in [2.75, 3.05) is 13.2 Å². The maximum Gasteiger partial charge on any atom is 0.326 e. The smallest absolute Gasteiger partial charge is 0.326 e. The predicted octanol–water partition coefficient (Wildman–Crippen LogP) is 2.78. The van der Waals surface area contributed by atoms with Gasteiger partial charge in [-0.25, -0.2) is 0 Å². The van der Waals surface area contributed by atoms with Gasteiger partial charge in [0.1, 0.15) is 12.3 Å². The number of imide groups is 1.